The van der Waals surface area contributed by atoms with E-state index in [1.54, 1.807) is 0 Å². The molecule has 3 N–H and O–H groups in total. The van der Waals surface area contributed by atoms with E-state index in [0.717, 1.165) is 23.3 Å². The van der Waals surface area contributed by atoms with Gasteiger partial charge in [-0.1, -0.05) is 12.1 Å². The number of nitrogens with one attached hydrogen (secondary N) is 1. The SMILES string of the molecule is Cc1cccc(N)c1C(=O)NC12CC3CC(CC(C3)C1)C2. The van der Waals surface area contributed by atoms with Crippen molar-refractivity contribution in [3.05, 3.63) is 29.3 Å². The molecule has 4 saturated carbocycles. The Balaban J connectivity index is 1.60. The lowest BCUT2D eigenvalue weighted by atomic mass is 9.53. The minimum Gasteiger partial charge on any atom is -0.398 e. The molecule has 0 aliphatic heterocycles. The van der Waals surface area contributed by atoms with Crippen LogP contribution in [0, 0.1) is 24.7 Å². The first-order valence-corrected chi connectivity index (χ1v) is 8.22. The fourth-order valence-electron chi connectivity index (χ4n) is 5.57. The second-order valence-corrected chi connectivity index (χ2v) is 7.69. The Kier molecular flexibility index (Phi) is 2.82. The standard InChI is InChI=1S/C18H24N2O/c1-11-3-2-4-15(19)16(11)17(21)20-18-8-12-5-13(9-18)7-14(6-12)10-18/h2-4,12-14H,5-10,19H2,1H3,(H,20,21). The average molecular weight is 284 g/mol. The number of benzene rings is 1. The van der Waals surface area contributed by atoms with Crippen molar-refractivity contribution in [2.24, 2.45) is 17.8 Å². The number of amides is 1. The molecule has 3 nitrogen and oxygen atoms in total. The van der Waals surface area contributed by atoms with Gasteiger partial charge in [0, 0.05) is 11.2 Å². The molecule has 0 atom stereocenters. The first-order chi connectivity index (χ1) is 10.0. The third-order valence-corrected chi connectivity index (χ3v) is 5.95. The van der Waals surface area contributed by atoms with Gasteiger partial charge in [0.1, 0.15) is 0 Å². The van der Waals surface area contributed by atoms with Crippen molar-refractivity contribution >= 4 is 11.6 Å². The van der Waals surface area contributed by atoms with Gasteiger partial charge in [-0.05, 0) is 74.8 Å². The zero-order valence-corrected chi connectivity index (χ0v) is 12.7. The third kappa shape index (κ3) is 2.14. The minimum absolute atomic E-state index is 0.0348. The molecular weight excluding hydrogens is 260 g/mol. The van der Waals surface area contributed by atoms with Gasteiger partial charge >= 0.3 is 0 Å². The molecule has 0 spiro atoms. The first-order valence-electron chi connectivity index (χ1n) is 8.22. The number of nitrogen functional groups attached to an aromatic ring is 1. The molecule has 0 aromatic heterocycles. The van der Waals surface area contributed by atoms with E-state index in [0.29, 0.717) is 11.3 Å². The van der Waals surface area contributed by atoms with Gasteiger partial charge in [0.15, 0.2) is 0 Å². The highest BCUT2D eigenvalue weighted by molar-refractivity contribution is 6.01. The van der Waals surface area contributed by atoms with Crippen LogP contribution in [0.15, 0.2) is 18.2 Å². The van der Waals surface area contributed by atoms with Gasteiger partial charge in [-0.25, -0.2) is 0 Å². The van der Waals surface area contributed by atoms with E-state index in [4.69, 9.17) is 5.73 Å². The van der Waals surface area contributed by atoms with Crippen LogP contribution in [0.25, 0.3) is 0 Å². The highest BCUT2D eigenvalue weighted by Gasteiger charge is 2.51. The van der Waals surface area contributed by atoms with Crippen molar-refractivity contribution in [2.45, 2.75) is 51.0 Å². The van der Waals surface area contributed by atoms with Gasteiger partial charge in [0.05, 0.1) is 5.56 Å². The summed E-state index contributed by atoms with van der Waals surface area (Å²) in [5.74, 6) is 2.55. The second kappa shape index (κ2) is 4.49. The molecule has 0 unspecified atom stereocenters. The fraction of sp³-hybridized carbons (Fsp3) is 0.611. The van der Waals surface area contributed by atoms with E-state index in [-0.39, 0.29) is 11.4 Å². The zero-order chi connectivity index (χ0) is 14.6. The van der Waals surface area contributed by atoms with Crippen molar-refractivity contribution < 1.29 is 4.79 Å². The lowest BCUT2D eigenvalue weighted by molar-refractivity contribution is -0.0166. The summed E-state index contributed by atoms with van der Waals surface area (Å²) >= 11 is 0. The maximum atomic E-state index is 12.8. The average Bonchev–Trinajstić information content (AvgIpc) is 2.35. The fourth-order valence-corrected chi connectivity index (χ4v) is 5.57. The minimum atomic E-state index is 0.0348. The van der Waals surface area contributed by atoms with E-state index in [9.17, 15) is 4.79 Å². The molecule has 21 heavy (non-hydrogen) atoms. The predicted molar refractivity (Wildman–Crippen MR) is 84.0 cm³/mol. The molecule has 0 radical (unpaired) electrons. The largest absolute Gasteiger partial charge is 0.398 e. The number of carbonyl (C=O) groups is 1. The summed E-state index contributed by atoms with van der Waals surface area (Å²) in [6.45, 7) is 1.96. The van der Waals surface area contributed by atoms with Gasteiger partial charge < -0.3 is 11.1 Å². The molecule has 5 rings (SSSR count). The van der Waals surface area contributed by atoms with E-state index in [2.05, 4.69) is 5.32 Å². The number of rotatable bonds is 2. The van der Waals surface area contributed by atoms with Crippen LogP contribution in [0.2, 0.25) is 0 Å². The smallest absolute Gasteiger partial charge is 0.254 e. The van der Waals surface area contributed by atoms with Crippen LogP contribution in [-0.2, 0) is 0 Å². The molecule has 1 aromatic carbocycles. The van der Waals surface area contributed by atoms with Crippen molar-refractivity contribution in [3.63, 3.8) is 0 Å². The summed E-state index contributed by atoms with van der Waals surface area (Å²) in [6, 6.07) is 5.69. The third-order valence-electron chi connectivity index (χ3n) is 5.95. The van der Waals surface area contributed by atoms with Crippen LogP contribution in [0.1, 0.15) is 54.4 Å². The summed E-state index contributed by atoms with van der Waals surface area (Å²) < 4.78 is 0. The van der Waals surface area contributed by atoms with E-state index >= 15 is 0 Å². The van der Waals surface area contributed by atoms with E-state index < -0.39 is 0 Å². The monoisotopic (exact) mass is 284 g/mol. The molecule has 3 heteroatoms. The number of nitrogens with two attached hydrogens (primary N) is 1. The normalized spacial score (nSPS) is 36.7. The van der Waals surface area contributed by atoms with Crippen LogP contribution in [0.3, 0.4) is 0 Å². The molecule has 4 aliphatic rings. The van der Waals surface area contributed by atoms with Crippen LogP contribution < -0.4 is 11.1 Å². The van der Waals surface area contributed by atoms with Gasteiger partial charge in [0.2, 0.25) is 0 Å². The van der Waals surface area contributed by atoms with Gasteiger partial charge in [-0.2, -0.15) is 0 Å². The Bertz CT molecular complexity index is 537. The van der Waals surface area contributed by atoms with Gasteiger partial charge in [-0.3, -0.25) is 4.79 Å². The summed E-state index contributed by atoms with van der Waals surface area (Å²) in [5.41, 5.74) is 8.32. The van der Waals surface area contributed by atoms with Crippen molar-refractivity contribution in [3.8, 4) is 0 Å². The van der Waals surface area contributed by atoms with Crippen molar-refractivity contribution in [1.29, 1.82) is 0 Å². The molecule has 4 bridgehead atoms. The number of anilines is 1. The highest BCUT2D eigenvalue weighted by Crippen LogP contribution is 2.55. The lowest BCUT2D eigenvalue weighted by Gasteiger charge is -2.56. The first kappa shape index (κ1) is 13.2. The van der Waals surface area contributed by atoms with Crippen LogP contribution in [-0.4, -0.2) is 11.4 Å². The number of carbonyl (C=O) groups excluding carboxylic acids is 1. The molecule has 0 saturated heterocycles. The summed E-state index contributed by atoms with van der Waals surface area (Å²) in [4.78, 5) is 12.8. The van der Waals surface area contributed by atoms with Crippen LogP contribution in [0.5, 0.6) is 0 Å². The van der Waals surface area contributed by atoms with Gasteiger partial charge in [0.25, 0.3) is 5.91 Å². The highest BCUT2D eigenvalue weighted by atomic mass is 16.1. The Morgan fingerprint density at radius 2 is 1.71 bits per heavy atom. The zero-order valence-electron chi connectivity index (χ0n) is 12.7. The topological polar surface area (TPSA) is 55.1 Å². The molecule has 112 valence electrons. The van der Waals surface area contributed by atoms with E-state index in [1.165, 1.54) is 38.5 Å². The van der Waals surface area contributed by atoms with Crippen molar-refractivity contribution in [1.82, 2.24) is 5.32 Å². The second-order valence-electron chi connectivity index (χ2n) is 7.69. The molecule has 1 amide bonds. The Morgan fingerprint density at radius 1 is 1.14 bits per heavy atom. The van der Waals surface area contributed by atoms with Crippen LogP contribution >= 0.6 is 0 Å². The number of aryl methyl sites for hydroxylation is 1. The molecule has 4 aliphatic carbocycles. The maximum absolute atomic E-state index is 12.8. The van der Waals surface area contributed by atoms with Crippen molar-refractivity contribution in [2.75, 3.05) is 5.73 Å². The maximum Gasteiger partial charge on any atom is 0.254 e. The van der Waals surface area contributed by atoms with Crippen LogP contribution in [0.4, 0.5) is 5.69 Å². The molecular formula is C18H24N2O. The summed E-state index contributed by atoms with van der Waals surface area (Å²) in [5, 5.41) is 3.40. The molecule has 1 aromatic rings. The molecule has 4 fully saturated rings. The Labute approximate surface area is 126 Å². The lowest BCUT2D eigenvalue weighted by Crippen LogP contribution is -2.59. The van der Waals surface area contributed by atoms with Gasteiger partial charge in [-0.15, -0.1) is 0 Å². The van der Waals surface area contributed by atoms with E-state index in [1.807, 2.05) is 25.1 Å². The Morgan fingerprint density at radius 3 is 2.24 bits per heavy atom. The predicted octanol–water partition coefficient (Wildman–Crippen LogP) is 3.28. The molecule has 0 heterocycles. The quantitative estimate of drug-likeness (QED) is 0.819. The summed E-state index contributed by atoms with van der Waals surface area (Å²) in [6.07, 6.45) is 7.70. The number of hydrogen-bond acceptors (Lipinski definition) is 2. The summed E-state index contributed by atoms with van der Waals surface area (Å²) in [7, 11) is 0. The Hall–Kier alpha value is -1.51. The number of hydrogen-bond donors (Lipinski definition) is 2.